The van der Waals surface area contributed by atoms with Crippen LogP contribution in [-0.2, 0) is 42.9 Å². The van der Waals surface area contributed by atoms with Gasteiger partial charge in [0, 0.05) is 26.3 Å². The number of fused-ring (bicyclic) bond motifs is 3. The van der Waals surface area contributed by atoms with E-state index in [9.17, 15) is 19.2 Å². The Labute approximate surface area is 175 Å². The maximum atomic E-state index is 12.6. The minimum atomic E-state index is -0.802. The molecule has 0 radical (unpaired) electrons. The van der Waals surface area contributed by atoms with E-state index >= 15 is 0 Å². The molecule has 6 atom stereocenters. The van der Waals surface area contributed by atoms with Crippen LogP contribution < -0.4 is 0 Å². The number of epoxide rings is 1. The molecule has 0 N–H and O–H groups in total. The zero-order valence-corrected chi connectivity index (χ0v) is 17.9. The van der Waals surface area contributed by atoms with Gasteiger partial charge in [-0.15, -0.1) is 0 Å². The molecule has 166 valence electrons. The molecule has 9 nitrogen and oxygen atoms in total. The maximum Gasteiger partial charge on any atom is 0.338 e. The van der Waals surface area contributed by atoms with Crippen molar-refractivity contribution in [3.8, 4) is 0 Å². The zero-order valence-electron chi connectivity index (χ0n) is 17.9. The standard InChI is InChI=1S/C21H28O9/c1-10-8-16(28-13(4)24)17-14(9-26-11(2)22)20(25)29-18(17)19-21(5,30-19)7-6-15(10)27-12(3)23/h10,15-16,18-19H,6-9H2,1-5H3/t10-,15+,16-,18+,19-,21-/m0/s1. The Morgan fingerprint density at radius 3 is 2.37 bits per heavy atom. The number of esters is 4. The molecule has 3 aliphatic rings. The van der Waals surface area contributed by atoms with Gasteiger partial charge in [-0.25, -0.2) is 4.79 Å². The van der Waals surface area contributed by atoms with E-state index in [4.69, 9.17) is 23.7 Å². The topological polar surface area (TPSA) is 118 Å². The van der Waals surface area contributed by atoms with Gasteiger partial charge in [0.1, 0.15) is 24.9 Å². The van der Waals surface area contributed by atoms with Crippen molar-refractivity contribution in [3.63, 3.8) is 0 Å². The predicted molar refractivity (Wildman–Crippen MR) is 101 cm³/mol. The smallest absolute Gasteiger partial charge is 0.338 e. The molecule has 0 aromatic carbocycles. The molecule has 9 heteroatoms. The second kappa shape index (κ2) is 8.37. The van der Waals surface area contributed by atoms with Crippen molar-refractivity contribution in [3.05, 3.63) is 11.1 Å². The average molecular weight is 424 g/mol. The minimum absolute atomic E-state index is 0.163. The molecule has 0 aromatic heterocycles. The van der Waals surface area contributed by atoms with Crippen molar-refractivity contribution in [2.24, 2.45) is 5.92 Å². The number of rotatable bonds is 4. The molecular formula is C21H28O9. The van der Waals surface area contributed by atoms with E-state index in [0.717, 1.165) is 0 Å². The molecule has 0 aromatic rings. The zero-order chi connectivity index (χ0) is 22.2. The number of carbonyl (C=O) groups excluding carboxylic acids is 4. The summed E-state index contributed by atoms with van der Waals surface area (Å²) in [5.74, 6) is -2.24. The van der Waals surface area contributed by atoms with Crippen LogP contribution in [-0.4, -0.2) is 60.5 Å². The third-order valence-corrected chi connectivity index (χ3v) is 5.89. The van der Waals surface area contributed by atoms with E-state index in [1.54, 1.807) is 0 Å². The van der Waals surface area contributed by atoms with E-state index in [1.165, 1.54) is 20.8 Å². The summed E-state index contributed by atoms with van der Waals surface area (Å²) in [6.45, 7) is 7.41. The van der Waals surface area contributed by atoms with Crippen molar-refractivity contribution >= 4 is 23.9 Å². The average Bonchev–Trinajstić information content (AvgIpc) is 3.18. The molecule has 0 amide bonds. The first-order valence-electron chi connectivity index (χ1n) is 10.1. The number of hydrogen-bond acceptors (Lipinski definition) is 9. The highest BCUT2D eigenvalue weighted by molar-refractivity contribution is 5.93. The molecular weight excluding hydrogens is 396 g/mol. The molecule has 2 heterocycles. The van der Waals surface area contributed by atoms with Crippen LogP contribution in [0.25, 0.3) is 0 Å². The van der Waals surface area contributed by atoms with Crippen molar-refractivity contribution in [1.82, 2.24) is 0 Å². The van der Waals surface area contributed by atoms with Crippen LogP contribution in [0.15, 0.2) is 11.1 Å². The van der Waals surface area contributed by atoms with E-state index in [0.29, 0.717) is 24.8 Å². The largest absolute Gasteiger partial charge is 0.462 e. The lowest BCUT2D eigenvalue weighted by Crippen LogP contribution is -2.37. The van der Waals surface area contributed by atoms with E-state index in [2.05, 4.69) is 0 Å². The Kier molecular flexibility index (Phi) is 6.21. The fourth-order valence-electron chi connectivity index (χ4n) is 4.33. The summed E-state index contributed by atoms with van der Waals surface area (Å²) < 4.78 is 27.7. The Morgan fingerprint density at radius 2 is 1.77 bits per heavy atom. The van der Waals surface area contributed by atoms with Gasteiger partial charge < -0.3 is 23.7 Å². The Hall–Kier alpha value is -2.42. The van der Waals surface area contributed by atoms with Gasteiger partial charge in [-0.1, -0.05) is 6.92 Å². The fourth-order valence-corrected chi connectivity index (χ4v) is 4.33. The summed E-state index contributed by atoms with van der Waals surface area (Å²) in [7, 11) is 0. The van der Waals surface area contributed by atoms with Crippen LogP contribution in [0, 0.1) is 5.92 Å². The first kappa shape index (κ1) is 22.3. The van der Waals surface area contributed by atoms with Crippen LogP contribution >= 0.6 is 0 Å². The van der Waals surface area contributed by atoms with Gasteiger partial charge in [0.15, 0.2) is 6.10 Å². The van der Waals surface area contributed by atoms with Crippen molar-refractivity contribution in [2.45, 2.75) is 83.9 Å². The van der Waals surface area contributed by atoms with Crippen LogP contribution in [0.2, 0.25) is 0 Å². The van der Waals surface area contributed by atoms with Crippen molar-refractivity contribution < 1.29 is 42.9 Å². The number of carbonyl (C=O) groups is 4. The minimum Gasteiger partial charge on any atom is -0.462 e. The maximum absolute atomic E-state index is 12.6. The first-order chi connectivity index (χ1) is 14.0. The van der Waals surface area contributed by atoms with Crippen LogP contribution in [0.3, 0.4) is 0 Å². The predicted octanol–water partition coefficient (Wildman–Crippen LogP) is 1.61. The molecule has 1 aliphatic carbocycles. The lowest BCUT2D eigenvalue weighted by atomic mass is 9.82. The quantitative estimate of drug-likeness (QED) is 0.377. The lowest BCUT2D eigenvalue weighted by molar-refractivity contribution is -0.153. The van der Waals surface area contributed by atoms with Gasteiger partial charge in [0.25, 0.3) is 0 Å². The molecule has 1 saturated carbocycles. The molecule has 2 fully saturated rings. The van der Waals surface area contributed by atoms with Gasteiger partial charge >= 0.3 is 23.9 Å². The Morgan fingerprint density at radius 1 is 1.10 bits per heavy atom. The summed E-state index contributed by atoms with van der Waals surface area (Å²) in [6.07, 6.45) is -0.851. The first-order valence-corrected chi connectivity index (χ1v) is 10.1. The second-order valence-electron chi connectivity index (χ2n) is 8.39. The van der Waals surface area contributed by atoms with Crippen LogP contribution in [0.1, 0.15) is 53.9 Å². The van der Waals surface area contributed by atoms with Crippen LogP contribution in [0.5, 0.6) is 0 Å². The summed E-state index contributed by atoms with van der Waals surface area (Å²) >= 11 is 0. The number of ether oxygens (including phenoxy) is 5. The SMILES string of the molecule is CC(=O)OCC1=C2[C@@H](OC(C)=O)C[C@H](C)[C@H](OC(C)=O)CC[C@]3(C)O[C@H]3[C@@H]2OC1=O. The van der Waals surface area contributed by atoms with Crippen molar-refractivity contribution in [2.75, 3.05) is 6.61 Å². The molecule has 1 saturated heterocycles. The highest BCUT2D eigenvalue weighted by Gasteiger charge is 2.62. The second-order valence-corrected chi connectivity index (χ2v) is 8.39. The Balaban J connectivity index is 2.02. The number of hydrogen-bond donors (Lipinski definition) is 0. The van der Waals surface area contributed by atoms with E-state index in [-0.39, 0.29) is 18.1 Å². The van der Waals surface area contributed by atoms with Gasteiger partial charge in [-0.3, -0.25) is 14.4 Å². The summed E-state index contributed by atoms with van der Waals surface area (Å²) in [4.78, 5) is 47.4. The van der Waals surface area contributed by atoms with Gasteiger partial charge in [-0.05, 0) is 32.1 Å². The van der Waals surface area contributed by atoms with Gasteiger partial charge in [-0.2, -0.15) is 0 Å². The van der Waals surface area contributed by atoms with Gasteiger partial charge in [0.2, 0.25) is 0 Å². The monoisotopic (exact) mass is 424 g/mol. The normalized spacial score (nSPS) is 35.5. The highest BCUT2D eigenvalue weighted by atomic mass is 16.7. The molecule has 0 bridgehead atoms. The summed E-state index contributed by atoms with van der Waals surface area (Å²) in [5.41, 5.74) is 0.0557. The molecule has 0 spiro atoms. The third-order valence-electron chi connectivity index (χ3n) is 5.89. The lowest BCUT2D eigenvalue weighted by Gasteiger charge is -2.31. The van der Waals surface area contributed by atoms with Crippen molar-refractivity contribution in [1.29, 1.82) is 0 Å². The Bertz CT molecular complexity index is 785. The molecule has 3 rings (SSSR count). The summed E-state index contributed by atoms with van der Waals surface area (Å²) in [6, 6.07) is 0. The fraction of sp³-hybridized carbons (Fsp3) is 0.714. The van der Waals surface area contributed by atoms with Crippen LogP contribution in [0.4, 0.5) is 0 Å². The molecule has 30 heavy (non-hydrogen) atoms. The molecule has 0 unspecified atom stereocenters. The highest BCUT2D eigenvalue weighted by Crippen LogP contribution is 2.50. The van der Waals surface area contributed by atoms with E-state index in [1.807, 2.05) is 13.8 Å². The summed E-state index contributed by atoms with van der Waals surface area (Å²) in [5, 5.41) is 0. The van der Waals surface area contributed by atoms with E-state index < -0.39 is 53.9 Å². The third kappa shape index (κ3) is 4.66. The molecule has 2 aliphatic heterocycles. The van der Waals surface area contributed by atoms with Gasteiger partial charge in [0.05, 0.1) is 11.2 Å².